The molecule has 0 fully saturated rings. The first-order valence-corrected chi connectivity index (χ1v) is 5.79. The van der Waals surface area contributed by atoms with E-state index in [0.29, 0.717) is 0 Å². The zero-order valence-electron chi connectivity index (χ0n) is 10.8. The van der Waals surface area contributed by atoms with Gasteiger partial charge < -0.3 is 4.74 Å². The lowest BCUT2D eigenvalue weighted by Gasteiger charge is -2.10. The molecule has 2 rings (SSSR count). The van der Waals surface area contributed by atoms with Gasteiger partial charge in [-0.3, -0.25) is 4.79 Å². The maximum atomic E-state index is 13.8. The lowest BCUT2D eigenvalue weighted by molar-refractivity contribution is 0.102. The van der Waals surface area contributed by atoms with Crippen LogP contribution in [-0.2, 0) is 0 Å². The van der Waals surface area contributed by atoms with Crippen molar-refractivity contribution >= 4 is 5.78 Å². The van der Waals surface area contributed by atoms with Crippen LogP contribution in [0.1, 0.15) is 21.5 Å². The van der Waals surface area contributed by atoms with Crippen LogP contribution in [0.4, 0.5) is 13.2 Å². The minimum absolute atomic E-state index is 0.0321. The Labute approximate surface area is 113 Å². The van der Waals surface area contributed by atoms with Crippen LogP contribution >= 0.6 is 0 Å². The van der Waals surface area contributed by atoms with Crippen LogP contribution in [0, 0.1) is 24.4 Å². The fourth-order valence-electron chi connectivity index (χ4n) is 1.85. The second-order valence-corrected chi connectivity index (χ2v) is 4.20. The minimum Gasteiger partial charge on any atom is -0.496 e. The number of hydrogen-bond donors (Lipinski definition) is 0. The second-order valence-electron chi connectivity index (χ2n) is 4.20. The van der Waals surface area contributed by atoms with Crippen molar-refractivity contribution in [2.24, 2.45) is 0 Å². The van der Waals surface area contributed by atoms with Crippen LogP contribution in [0.3, 0.4) is 0 Å². The SMILES string of the molecule is COc1cccc(F)c1C(=O)c1ccc(C)c(F)c1F. The van der Waals surface area contributed by atoms with E-state index in [1.807, 2.05) is 0 Å². The number of hydrogen-bond acceptors (Lipinski definition) is 2. The van der Waals surface area contributed by atoms with Crippen molar-refractivity contribution in [1.29, 1.82) is 0 Å². The zero-order valence-corrected chi connectivity index (χ0v) is 10.8. The Kier molecular flexibility index (Phi) is 3.79. The maximum Gasteiger partial charge on any atom is 0.202 e. The first kappa shape index (κ1) is 14.1. The Balaban J connectivity index is 2.61. The molecule has 0 N–H and O–H groups in total. The van der Waals surface area contributed by atoms with Crippen molar-refractivity contribution in [2.75, 3.05) is 7.11 Å². The Morgan fingerprint density at radius 1 is 1.05 bits per heavy atom. The average Bonchev–Trinajstić information content (AvgIpc) is 2.44. The van der Waals surface area contributed by atoms with E-state index in [1.165, 1.54) is 32.2 Å². The highest BCUT2D eigenvalue weighted by molar-refractivity contribution is 6.11. The van der Waals surface area contributed by atoms with Gasteiger partial charge in [-0.2, -0.15) is 0 Å². The smallest absolute Gasteiger partial charge is 0.202 e. The number of ether oxygens (including phenoxy) is 1. The first-order valence-electron chi connectivity index (χ1n) is 5.79. The van der Waals surface area contributed by atoms with Crippen molar-refractivity contribution in [2.45, 2.75) is 6.92 Å². The highest BCUT2D eigenvalue weighted by Crippen LogP contribution is 2.26. The van der Waals surface area contributed by atoms with Crippen molar-refractivity contribution in [3.05, 3.63) is 64.5 Å². The number of ketones is 1. The fraction of sp³-hybridized carbons (Fsp3) is 0.133. The molecule has 5 heteroatoms. The Morgan fingerprint density at radius 3 is 2.40 bits per heavy atom. The lowest BCUT2D eigenvalue weighted by atomic mass is 10.00. The third kappa shape index (κ3) is 2.27. The van der Waals surface area contributed by atoms with E-state index in [0.717, 1.165) is 12.1 Å². The van der Waals surface area contributed by atoms with Crippen molar-refractivity contribution in [3.8, 4) is 5.75 Å². The van der Waals surface area contributed by atoms with Crippen LogP contribution in [0.2, 0.25) is 0 Å². The van der Waals surface area contributed by atoms with E-state index < -0.39 is 34.4 Å². The summed E-state index contributed by atoms with van der Waals surface area (Å²) in [6.45, 7) is 1.37. The van der Waals surface area contributed by atoms with Gasteiger partial charge in [0.1, 0.15) is 17.1 Å². The predicted molar refractivity (Wildman–Crippen MR) is 67.5 cm³/mol. The number of benzene rings is 2. The summed E-state index contributed by atoms with van der Waals surface area (Å²) in [4.78, 5) is 12.2. The molecule has 0 aliphatic heterocycles. The molecule has 0 bridgehead atoms. The number of carbonyl (C=O) groups is 1. The molecular formula is C15H11F3O2. The molecule has 0 saturated carbocycles. The van der Waals surface area contributed by atoms with Crippen LogP contribution in [-0.4, -0.2) is 12.9 Å². The van der Waals surface area contributed by atoms with Gasteiger partial charge in [0.15, 0.2) is 11.6 Å². The predicted octanol–water partition coefficient (Wildman–Crippen LogP) is 3.65. The quantitative estimate of drug-likeness (QED) is 0.802. The van der Waals surface area contributed by atoms with Gasteiger partial charge in [0.25, 0.3) is 0 Å². The number of aryl methyl sites for hydroxylation is 1. The summed E-state index contributed by atoms with van der Waals surface area (Å²) in [5.41, 5.74) is -0.881. The van der Waals surface area contributed by atoms with E-state index in [2.05, 4.69) is 0 Å². The molecule has 0 aliphatic carbocycles. The molecule has 2 nitrogen and oxygen atoms in total. The number of rotatable bonds is 3. The number of halogens is 3. The lowest BCUT2D eigenvalue weighted by Crippen LogP contribution is -2.10. The molecule has 0 aromatic heterocycles. The first-order chi connectivity index (χ1) is 9.47. The topological polar surface area (TPSA) is 26.3 Å². The Hall–Kier alpha value is -2.30. The second kappa shape index (κ2) is 5.36. The highest BCUT2D eigenvalue weighted by atomic mass is 19.2. The van der Waals surface area contributed by atoms with Crippen LogP contribution in [0.25, 0.3) is 0 Å². The molecule has 2 aromatic carbocycles. The number of carbonyl (C=O) groups excluding carboxylic acids is 1. The molecule has 0 saturated heterocycles. The molecule has 104 valence electrons. The van der Waals surface area contributed by atoms with Crippen molar-refractivity contribution in [1.82, 2.24) is 0 Å². The molecule has 0 radical (unpaired) electrons. The van der Waals surface area contributed by atoms with E-state index in [-0.39, 0.29) is 11.3 Å². The Bertz CT molecular complexity index is 681. The van der Waals surface area contributed by atoms with E-state index in [9.17, 15) is 18.0 Å². The minimum atomic E-state index is -1.29. The average molecular weight is 280 g/mol. The van der Waals surface area contributed by atoms with Gasteiger partial charge in [-0.05, 0) is 30.7 Å². The van der Waals surface area contributed by atoms with Crippen LogP contribution in [0.5, 0.6) is 5.75 Å². The number of methoxy groups -OCH3 is 1. The third-order valence-corrected chi connectivity index (χ3v) is 2.94. The van der Waals surface area contributed by atoms with Gasteiger partial charge in [0.2, 0.25) is 5.78 Å². The Morgan fingerprint density at radius 2 is 1.75 bits per heavy atom. The molecule has 0 unspecified atom stereocenters. The summed E-state index contributed by atoms with van der Waals surface area (Å²) in [6.07, 6.45) is 0. The molecule has 0 heterocycles. The molecule has 20 heavy (non-hydrogen) atoms. The summed E-state index contributed by atoms with van der Waals surface area (Å²) >= 11 is 0. The van der Waals surface area contributed by atoms with E-state index in [4.69, 9.17) is 4.74 Å². The summed E-state index contributed by atoms with van der Waals surface area (Å²) in [5, 5.41) is 0. The monoisotopic (exact) mass is 280 g/mol. The molecule has 0 amide bonds. The largest absolute Gasteiger partial charge is 0.496 e. The van der Waals surface area contributed by atoms with Gasteiger partial charge in [-0.25, -0.2) is 13.2 Å². The standard InChI is InChI=1S/C15H11F3O2/c1-8-6-7-9(14(18)13(8)17)15(19)12-10(16)4-3-5-11(12)20-2/h3-7H,1-2H3. The van der Waals surface area contributed by atoms with Crippen LogP contribution < -0.4 is 4.74 Å². The molecule has 0 aliphatic rings. The third-order valence-electron chi connectivity index (χ3n) is 2.94. The van der Waals surface area contributed by atoms with Crippen molar-refractivity contribution in [3.63, 3.8) is 0 Å². The van der Waals surface area contributed by atoms with Crippen LogP contribution in [0.15, 0.2) is 30.3 Å². The van der Waals surface area contributed by atoms with E-state index >= 15 is 0 Å². The van der Waals surface area contributed by atoms with Gasteiger partial charge in [0.05, 0.1) is 12.7 Å². The molecule has 0 atom stereocenters. The molecular weight excluding hydrogens is 269 g/mol. The van der Waals surface area contributed by atoms with Crippen molar-refractivity contribution < 1.29 is 22.7 Å². The summed E-state index contributed by atoms with van der Waals surface area (Å²) in [7, 11) is 1.26. The van der Waals surface area contributed by atoms with Gasteiger partial charge in [-0.1, -0.05) is 12.1 Å². The summed E-state index contributed by atoms with van der Waals surface area (Å²) in [6, 6.07) is 6.18. The van der Waals surface area contributed by atoms with Gasteiger partial charge >= 0.3 is 0 Å². The fourth-order valence-corrected chi connectivity index (χ4v) is 1.85. The molecule has 2 aromatic rings. The summed E-state index contributed by atoms with van der Waals surface area (Å²) in [5.74, 6) is -4.26. The van der Waals surface area contributed by atoms with Gasteiger partial charge in [-0.15, -0.1) is 0 Å². The maximum absolute atomic E-state index is 13.8. The molecule has 0 spiro atoms. The normalized spacial score (nSPS) is 10.4. The zero-order chi connectivity index (χ0) is 14.9. The van der Waals surface area contributed by atoms with E-state index in [1.54, 1.807) is 0 Å². The highest BCUT2D eigenvalue weighted by Gasteiger charge is 2.24. The van der Waals surface area contributed by atoms with Gasteiger partial charge in [0, 0.05) is 0 Å². The summed E-state index contributed by atoms with van der Waals surface area (Å²) < 4.78 is 46.0.